The minimum atomic E-state index is -5.62. The maximum Gasteiger partial charge on any atom is 0.437 e. The van der Waals surface area contributed by atoms with Crippen LogP contribution in [0.3, 0.4) is 0 Å². The van der Waals surface area contributed by atoms with Gasteiger partial charge < -0.3 is 34.3 Å². The van der Waals surface area contributed by atoms with Crippen molar-refractivity contribution in [2.24, 2.45) is 0 Å². The SMILES string of the molecule is COc1cc(C(=O)NCC(O)(c2cc3c(c(C(F)(F)F)n2)OCC3(C)N[S+]([O-])C(C)(C)C)C(F)(F)F)ccc1OCCO. The largest absolute Gasteiger partial charge is 0.598 e. The zero-order valence-electron chi connectivity index (χ0n) is 23.7. The smallest absolute Gasteiger partial charge is 0.437 e. The number of benzene rings is 1. The van der Waals surface area contributed by atoms with Gasteiger partial charge in [-0.2, -0.15) is 26.3 Å². The molecule has 240 valence electrons. The van der Waals surface area contributed by atoms with Gasteiger partial charge in [0, 0.05) is 22.5 Å². The molecule has 0 saturated heterocycles. The van der Waals surface area contributed by atoms with Gasteiger partial charge in [0.1, 0.15) is 23.5 Å². The highest BCUT2D eigenvalue weighted by Crippen LogP contribution is 2.48. The number of aliphatic hydroxyl groups excluding tert-OH is 1. The number of hydrogen-bond acceptors (Lipinski definition) is 9. The van der Waals surface area contributed by atoms with Crippen LogP contribution in [0.4, 0.5) is 26.3 Å². The first-order chi connectivity index (χ1) is 19.7. The number of fused-ring (bicyclic) bond motifs is 1. The first-order valence-electron chi connectivity index (χ1n) is 12.6. The molecule has 0 aliphatic carbocycles. The third-order valence-electron chi connectivity index (χ3n) is 6.39. The van der Waals surface area contributed by atoms with Crippen LogP contribution in [0.25, 0.3) is 0 Å². The van der Waals surface area contributed by atoms with E-state index in [1.165, 1.54) is 20.1 Å². The number of aliphatic hydroxyl groups is 2. The Labute approximate surface area is 246 Å². The van der Waals surface area contributed by atoms with Gasteiger partial charge in [-0.15, -0.1) is 4.72 Å². The Morgan fingerprint density at radius 3 is 2.35 bits per heavy atom. The second-order valence-corrected chi connectivity index (χ2v) is 12.8. The molecular weight excluding hydrogens is 612 g/mol. The number of rotatable bonds is 10. The maximum absolute atomic E-state index is 14.4. The quantitative estimate of drug-likeness (QED) is 0.226. The Kier molecular flexibility index (Phi) is 9.78. The monoisotopic (exact) mass is 643 g/mol. The van der Waals surface area contributed by atoms with E-state index in [0.717, 1.165) is 12.1 Å². The van der Waals surface area contributed by atoms with Crippen molar-refractivity contribution in [2.75, 3.05) is 33.5 Å². The summed E-state index contributed by atoms with van der Waals surface area (Å²) in [5.74, 6) is -1.89. The summed E-state index contributed by atoms with van der Waals surface area (Å²) in [4.78, 5) is 15.9. The van der Waals surface area contributed by atoms with Crippen LogP contribution in [0.15, 0.2) is 24.3 Å². The van der Waals surface area contributed by atoms with Crippen molar-refractivity contribution in [2.45, 2.75) is 55.9 Å². The van der Waals surface area contributed by atoms with Gasteiger partial charge in [0.05, 0.1) is 26.0 Å². The Morgan fingerprint density at radius 1 is 1.16 bits per heavy atom. The van der Waals surface area contributed by atoms with Gasteiger partial charge in [-0.3, -0.25) is 4.79 Å². The van der Waals surface area contributed by atoms with Crippen LogP contribution in [-0.4, -0.2) is 70.1 Å². The molecule has 1 amide bonds. The molecule has 10 nitrogen and oxygen atoms in total. The molecule has 1 aliphatic heterocycles. The van der Waals surface area contributed by atoms with Crippen LogP contribution >= 0.6 is 0 Å². The van der Waals surface area contributed by atoms with Gasteiger partial charge in [-0.05, 0) is 52.0 Å². The van der Waals surface area contributed by atoms with E-state index in [4.69, 9.17) is 19.3 Å². The van der Waals surface area contributed by atoms with Crippen molar-refractivity contribution in [1.82, 2.24) is 15.0 Å². The number of nitrogens with one attached hydrogen (secondary N) is 2. The van der Waals surface area contributed by atoms with E-state index in [2.05, 4.69) is 9.71 Å². The topological polar surface area (TPSA) is 145 Å². The molecule has 0 radical (unpaired) electrons. The minimum Gasteiger partial charge on any atom is -0.598 e. The standard InChI is InChI=1S/C26H31F6N3O7S/c1-22(2,3)43(39)35-23(4)13-42-19-15(23)11-18(34-20(19)25(27,28)29)24(38,26(30,31)32)12-33-21(37)14-6-7-16(41-9-8-36)17(10-14)40-5/h6-7,10-11,35-36,38H,8-9,12-13H2,1-5H3,(H,33,37). The highest BCUT2D eigenvalue weighted by atomic mass is 32.2. The van der Waals surface area contributed by atoms with Gasteiger partial charge in [-0.1, -0.05) is 0 Å². The van der Waals surface area contributed by atoms with Crippen LogP contribution in [0.1, 0.15) is 55.0 Å². The van der Waals surface area contributed by atoms with E-state index in [-0.39, 0.29) is 30.3 Å². The predicted octanol–water partition coefficient (Wildman–Crippen LogP) is 3.32. The van der Waals surface area contributed by atoms with E-state index in [0.29, 0.717) is 6.07 Å². The lowest BCUT2D eigenvalue weighted by atomic mass is 9.90. The minimum absolute atomic E-state index is 0.00159. The highest BCUT2D eigenvalue weighted by Gasteiger charge is 2.58. The van der Waals surface area contributed by atoms with E-state index in [9.17, 15) is 40.8 Å². The number of carbonyl (C=O) groups is 1. The molecule has 0 fully saturated rings. The zero-order chi connectivity index (χ0) is 32.6. The number of amides is 1. The third-order valence-corrected chi connectivity index (χ3v) is 8.14. The van der Waals surface area contributed by atoms with Crippen LogP contribution < -0.4 is 24.2 Å². The highest BCUT2D eigenvalue weighted by molar-refractivity contribution is 7.90. The Balaban J connectivity index is 2.05. The number of ether oxygens (including phenoxy) is 3. The molecule has 1 aromatic carbocycles. The molecule has 43 heavy (non-hydrogen) atoms. The normalized spacial score (nSPS) is 19.2. The fraction of sp³-hybridized carbons (Fsp3) is 0.538. The summed E-state index contributed by atoms with van der Waals surface area (Å²) in [6.07, 6.45) is -10.9. The molecule has 17 heteroatoms. The molecule has 3 unspecified atom stereocenters. The number of hydrogen-bond donors (Lipinski definition) is 4. The summed E-state index contributed by atoms with van der Waals surface area (Å²) >= 11 is -1.89. The summed E-state index contributed by atoms with van der Waals surface area (Å²) in [5.41, 5.74) is -9.75. The average Bonchev–Trinajstić information content (AvgIpc) is 3.23. The lowest BCUT2D eigenvalue weighted by Gasteiger charge is -2.33. The molecule has 2 aromatic rings. The third kappa shape index (κ3) is 7.22. The molecule has 1 aromatic heterocycles. The van der Waals surface area contributed by atoms with Gasteiger partial charge >= 0.3 is 12.4 Å². The molecule has 0 bridgehead atoms. The van der Waals surface area contributed by atoms with Crippen LogP contribution in [0.5, 0.6) is 17.2 Å². The molecule has 2 heterocycles. The molecule has 0 spiro atoms. The van der Waals surface area contributed by atoms with Crippen molar-refractivity contribution >= 4 is 17.3 Å². The van der Waals surface area contributed by atoms with Gasteiger partial charge in [0.25, 0.3) is 5.91 Å². The summed E-state index contributed by atoms with van der Waals surface area (Å²) in [6, 6.07) is 4.14. The first-order valence-corrected chi connectivity index (χ1v) is 13.8. The van der Waals surface area contributed by atoms with Gasteiger partial charge in [-0.25, -0.2) is 4.98 Å². The predicted molar refractivity (Wildman–Crippen MR) is 141 cm³/mol. The number of pyridine rings is 1. The van der Waals surface area contributed by atoms with Crippen molar-refractivity contribution in [3.8, 4) is 17.2 Å². The Hall–Kier alpha value is -2.99. The van der Waals surface area contributed by atoms with Crippen LogP contribution in [-0.2, 0) is 28.7 Å². The van der Waals surface area contributed by atoms with Crippen LogP contribution in [0, 0.1) is 0 Å². The Morgan fingerprint density at radius 2 is 1.81 bits per heavy atom. The van der Waals surface area contributed by atoms with E-state index < -0.39 is 81.4 Å². The maximum atomic E-state index is 14.4. The zero-order valence-corrected chi connectivity index (χ0v) is 24.5. The molecule has 3 rings (SSSR count). The Bertz CT molecular complexity index is 1340. The molecule has 3 atom stereocenters. The number of methoxy groups -OCH3 is 1. The van der Waals surface area contributed by atoms with Crippen molar-refractivity contribution in [1.29, 1.82) is 0 Å². The second kappa shape index (κ2) is 12.2. The molecule has 4 N–H and O–H groups in total. The second-order valence-electron chi connectivity index (χ2n) is 10.8. The number of carbonyl (C=O) groups excluding carboxylic acids is 1. The van der Waals surface area contributed by atoms with Gasteiger partial charge in [0.15, 0.2) is 22.9 Å². The fourth-order valence-corrected chi connectivity index (χ4v) is 4.84. The lowest BCUT2D eigenvalue weighted by molar-refractivity contribution is -0.265. The molecular formula is C26H31F6N3O7S. The summed E-state index contributed by atoms with van der Waals surface area (Å²) in [7, 11) is 1.23. The van der Waals surface area contributed by atoms with Crippen LogP contribution in [0.2, 0.25) is 0 Å². The summed E-state index contributed by atoms with van der Waals surface area (Å²) < 4.78 is 115. The number of alkyl halides is 6. The van der Waals surface area contributed by atoms with Crippen molar-refractivity contribution < 1.29 is 60.1 Å². The summed E-state index contributed by atoms with van der Waals surface area (Å²) in [6.45, 7) is 3.43. The number of aromatic nitrogens is 1. The van der Waals surface area contributed by atoms with Gasteiger partial charge in [0.2, 0.25) is 5.60 Å². The van der Waals surface area contributed by atoms with E-state index >= 15 is 0 Å². The average molecular weight is 644 g/mol. The molecule has 1 aliphatic rings. The number of nitrogens with zero attached hydrogens (tertiary/aromatic N) is 1. The number of halogens is 6. The first kappa shape index (κ1) is 34.5. The summed E-state index contributed by atoms with van der Waals surface area (Å²) in [5, 5.41) is 21.7. The molecule has 0 saturated carbocycles. The van der Waals surface area contributed by atoms with Crippen molar-refractivity contribution in [3.05, 3.63) is 46.8 Å². The lowest BCUT2D eigenvalue weighted by Crippen LogP contribution is -2.52. The van der Waals surface area contributed by atoms with E-state index in [1.54, 1.807) is 20.8 Å². The van der Waals surface area contributed by atoms with Crippen molar-refractivity contribution in [3.63, 3.8) is 0 Å². The fourth-order valence-electron chi connectivity index (χ4n) is 3.96. The van der Waals surface area contributed by atoms with E-state index in [1.807, 2.05) is 5.32 Å².